The molecule has 0 atom stereocenters. The zero-order valence-corrected chi connectivity index (χ0v) is 9.43. The van der Waals surface area contributed by atoms with Gasteiger partial charge in [0.1, 0.15) is 5.82 Å². The van der Waals surface area contributed by atoms with Gasteiger partial charge in [-0.2, -0.15) is 0 Å². The van der Waals surface area contributed by atoms with Crippen molar-refractivity contribution in [3.8, 4) is 0 Å². The number of carboxylic acid groups (broad SMARTS) is 1. The molecule has 1 aromatic carbocycles. The molecule has 0 spiro atoms. The fourth-order valence-corrected chi connectivity index (χ4v) is 1.55. The first-order valence-electron chi connectivity index (χ1n) is 5.32. The largest absolute Gasteiger partial charge is 0.478 e. The molecule has 0 amide bonds. The van der Waals surface area contributed by atoms with Crippen LogP contribution in [0.5, 0.6) is 0 Å². The molecule has 0 saturated carbocycles. The number of carboxylic acids is 1. The number of hydrogen-bond donors (Lipinski definition) is 2. The number of carbonyl (C=O) groups is 1. The van der Waals surface area contributed by atoms with Crippen LogP contribution in [-0.2, 0) is 6.54 Å². The molecule has 0 saturated heterocycles. The SMILES string of the molecule is O=C(O)c1ccc(F)cc1NCc1ccncc1. The van der Waals surface area contributed by atoms with Crippen LogP contribution in [-0.4, -0.2) is 16.1 Å². The van der Waals surface area contributed by atoms with E-state index in [0.29, 0.717) is 6.54 Å². The van der Waals surface area contributed by atoms with Crippen LogP contribution in [0.15, 0.2) is 42.7 Å². The standard InChI is InChI=1S/C13H11FN2O2/c14-10-1-2-11(13(17)18)12(7-10)16-8-9-3-5-15-6-4-9/h1-7,16H,8H2,(H,17,18). The quantitative estimate of drug-likeness (QED) is 0.870. The Kier molecular flexibility index (Phi) is 3.52. The second kappa shape index (κ2) is 5.27. The molecule has 2 rings (SSSR count). The van der Waals surface area contributed by atoms with Crippen molar-refractivity contribution in [3.63, 3.8) is 0 Å². The number of aromatic nitrogens is 1. The number of halogens is 1. The first kappa shape index (κ1) is 12.0. The van der Waals surface area contributed by atoms with Crippen molar-refractivity contribution in [3.05, 3.63) is 59.7 Å². The second-order valence-electron chi connectivity index (χ2n) is 3.70. The second-order valence-corrected chi connectivity index (χ2v) is 3.70. The number of aromatic carboxylic acids is 1. The first-order valence-corrected chi connectivity index (χ1v) is 5.32. The van der Waals surface area contributed by atoms with Crippen molar-refractivity contribution < 1.29 is 14.3 Å². The van der Waals surface area contributed by atoms with E-state index in [1.54, 1.807) is 24.5 Å². The minimum atomic E-state index is -1.09. The lowest BCUT2D eigenvalue weighted by atomic mass is 10.1. The van der Waals surface area contributed by atoms with Gasteiger partial charge < -0.3 is 10.4 Å². The Labute approximate surface area is 103 Å². The Balaban J connectivity index is 2.18. The highest BCUT2D eigenvalue weighted by atomic mass is 19.1. The highest BCUT2D eigenvalue weighted by Gasteiger charge is 2.10. The van der Waals surface area contributed by atoms with Gasteiger partial charge in [-0.05, 0) is 35.9 Å². The van der Waals surface area contributed by atoms with Crippen LogP contribution in [0.3, 0.4) is 0 Å². The van der Waals surface area contributed by atoms with Crippen LogP contribution in [0, 0.1) is 5.82 Å². The van der Waals surface area contributed by atoms with E-state index in [0.717, 1.165) is 11.6 Å². The van der Waals surface area contributed by atoms with Crippen LogP contribution in [0.1, 0.15) is 15.9 Å². The fraction of sp³-hybridized carbons (Fsp3) is 0.0769. The van der Waals surface area contributed by atoms with Gasteiger partial charge in [0.15, 0.2) is 0 Å². The Hall–Kier alpha value is -2.43. The number of hydrogen-bond acceptors (Lipinski definition) is 3. The molecular formula is C13H11FN2O2. The van der Waals surface area contributed by atoms with Crippen molar-refractivity contribution in [1.29, 1.82) is 0 Å². The summed E-state index contributed by atoms with van der Waals surface area (Å²) in [4.78, 5) is 14.9. The predicted molar refractivity (Wildman–Crippen MR) is 64.9 cm³/mol. The summed E-state index contributed by atoms with van der Waals surface area (Å²) >= 11 is 0. The molecule has 0 bridgehead atoms. The van der Waals surface area contributed by atoms with E-state index < -0.39 is 11.8 Å². The Morgan fingerprint density at radius 1 is 1.28 bits per heavy atom. The highest BCUT2D eigenvalue weighted by Crippen LogP contribution is 2.18. The summed E-state index contributed by atoms with van der Waals surface area (Å²) in [5.74, 6) is -1.57. The number of anilines is 1. The molecule has 0 unspecified atom stereocenters. The maximum Gasteiger partial charge on any atom is 0.337 e. The summed E-state index contributed by atoms with van der Waals surface area (Å²) in [5.41, 5.74) is 1.25. The number of nitrogens with one attached hydrogen (secondary N) is 1. The molecule has 5 heteroatoms. The van der Waals surface area contributed by atoms with Gasteiger partial charge in [0, 0.05) is 18.9 Å². The summed E-state index contributed by atoms with van der Waals surface area (Å²) in [7, 11) is 0. The van der Waals surface area contributed by atoms with Gasteiger partial charge in [-0.3, -0.25) is 4.98 Å². The van der Waals surface area contributed by atoms with E-state index in [-0.39, 0.29) is 11.3 Å². The van der Waals surface area contributed by atoms with Gasteiger partial charge in [-0.1, -0.05) is 0 Å². The third-order valence-electron chi connectivity index (χ3n) is 2.44. The molecule has 0 aliphatic rings. The maximum absolute atomic E-state index is 13.1. The Bertz CT molecular complexity index is 558. The summed E-state index contributed by atoms with van der Waals surface area (Å²) in [6.45, 7) is 0.409. The molecule has 2 N–H and O–H groups in total. The average molecular weight is 246 g/mol. The normalized spacial score (nSPS) is 10.1. The van der Waals surface area contributed by atoms with E-state index in [1.807, 2.05) is 0 Å². The molecule has 92 valence electrons. The first-order chi connectivity index (χ1) is 8.66. The molecule has 1 heterocycles. The van der Waals surface area contributed by atoms with Crippen LogP contribution < -0.4 is 5.32 Å². The van der Waals surface area contributed by atoms with Gasteiger partial charge in [0.25, 0.3) is 0 Å². The lowest BCUT2D eigenvalue weighted by molar-refractivity contribution is 0.0698. The molecule has 18 heavy (non-hydrogen) atoms. The van der Waals surface area contributed by atoms with E-state index in [1.165, 1.54) is 12.1 Å². The zero-order valence-electron chi connectivity index (χ0n) is 9.43. The number of rotatable bonds is 4. The predicted octanol–water partition coefficient (Wildman–Crippen LogP) is 2.53. The van der Waals surface area contributed by atoms with Crippen molar-refractivity contribution in [2.75, 3.05) is 5.32 Å². The lowest BCUT2D eigenvalue weighted by Gasteiger charge is -2.09. The molecule has 4 nitrogen and oxygen atoms in total. The van der Waals surface area contributed by atoms with E-state index in [4.69, 9.17) is 5.11 Å². The summed E-state index contributed by atoms with van der Waals surface area (Å²) in [6.07, 6.45) is 3.28. The molecule has 1 aromatic heterocycles. The van der Waals surface area contributed by atoms with E-state index >= 15 is 0 Å². The van der Waals surface area contributed by atoms with Crippen LogP contribution in [0.2, 0.25) is 0 Å². The fourth-order valence-electron chi connectivity index (χ4n) is 1.55. The van der Waals surface area contributed by atoms with Crippen molar-refractivity contribution in [1.82, 2.24) is 4.98 Å². The van der Waals surface area contributed by atoms with Crippen molar-refractivity contribution in [2.24, 2.45) is 0 Å². The summed E-state index contributed by atoms with van der Waals surface area (Å²) in [5, 5.41) is 11.9. The van der Waals surface area contributed by atoms with Crippen molar-refractivity contribution in [2.45, 2.75) is 6.54 Å². The third kappa shape index (κ3) is 2.82. The molecule has 0 aliphatic heterocycles. The van der Waals surface area contributed by atoms with E-state index in [2.05, 4.69) is 10.3 Å². The third-order valence-corrected chi connectivity index (χ3v) is 2.44. The topological polar surface area (TPSA) is 62.2 Å². The Morgan fingerprint density at radius 2 is 2.00 bits per heavy atom. The smallest absolute Gasteiger partial charge is 0.337 e. The summed E-state index contributed by atoms with van der Waals surface area (Å²) < 4.78 is 13.1. The zero-order chi connectivity index (χ0) is 13.0. The molecule has 0 radical (unpaired) electrons. The minimum Gasteiger partial charge on any atom is -0.478 e. The molecular weight excluding hydrogens is 235 g/mol. The number of nitrogens with zero attached hydrogens (tertiary/aromatic N) is 1. The van der Waals surface area contributed by atoms with Gasteiger partial charge in [0.2, 0.25) is 0 Å². The van der Waals surface area contributed by atoms with Gasteiger partial charge in [0.05, 0.1) is 11.3 Å². The van der Waals surface area contributed by atoms with E-state index in [9.17, 15) is 9.18 Å². The lowest BCUT2D eigenvalue weighted by Crippen LogP contribution is -2.06. The van der Waals surface area contributed by atoms with Crippen LogP contribution in [0.4, 0.5) is 10.1 Å². The minimum absolute atomic E-state index is 0.0467. The highest BCUT2D eigenvalue weighted by molar-refractivity contribution is 5.94. The van der Waals surface area contributed by atoms with Crippen LogP contribution >= 0.6 is 0 Å². The monoisotopic (exact) mass is 246 g/mol. The van der Waals surface area contributed by atoms with Crippen molar-refractivity contribution >= 4 is 11.7 Å². The maximum atomic E-state index is 13.1. The Morgan fingerprint density at radius 3 is 2.67 bits per heavy atom. The number of pyridine rings is 1. The molecule has 0 fully saturated rings. The van der Waals surface area contributed by atoms with Crippen LogP contribution in [0.25, 0.3) is 0 Å². The average Bonchev–Trinajstić information content (AvgIpc) is 2.37. The number of benzene rings is 1. The van der Waals surface area contributed by atoms with Gasteiger partial charge in [-0.15, -0.1) is 0 Å². The summed E-state index contributed by atoms with van der Waals surface area (Å²) in [6, 6.07) is 7.14. The molecule has 2 aromatic rings. The van der Waals surface area contributed by atoms with Gasteiger partial charge >= 0.3 is 5.97 Å². The van der Waals surface area contributed by atoms with Gasteiger partial charge in [-0.25, -0.2) is 9.18 Å². The molecule has 0 aliphatic carbocycles.